The number of hydrogen-bond donors (Lipinski definition) is 1. The average molecular weight is 312 g/mol. The van der Waals surface area contributed by atoms with Crippen molar-refractivity contribution < 1.29 is 0 Å². The SMILES string of the molecule is CCCC1CCC(c2nc(C)c(Br)c(N)n2)CC1. The number of nitrogen functional groups attached to an aromatic ring is 1. The van der Waals surface area contributed by atoms with E-state index >= 15 is 0 Å². The first-order valence-corrected chi connectivity index (χ1v) is 7.70. The summed E-state index contributed by atoms with van der Waals surface area (Å²) in [5, 5.41) is 0. The smallest absolute Gasteiger partial charge is 0.141 e. The quantitative estimate of drug-likeness (QED) is 0.910. The molecule has 0 unspecified atom stereocenters. The van der Waals surface area contributed by atoms with Gasteiger partial charge in [0, 0.05) is 5.92 Å². The summed E-state index contributed by atoms with van der Waals surface area (Å²) in [5.41, 5.74) is 6.86. The Balaban J connectivity index is 2.05. The first-order chi connectivity index (χ1) is 8.61. The first kappa shape index (κ1) is 13.8. The molecule has 1 fully saturated rings. The van der Waals surface area contributed by atoms with Gasteiger partial charge in [0.1, 0.15) is 11.6 Å². The zero-order valence-electron chi connectivity index (χ0n) is 11.2. The molecule has 1 aromatic heterocycles. The molecule has 2 rings (SSSR count). The molecule has 1 aliphatic rings. The topological polar surface area (TPSA) is 51.8 Å². The number of nitrogens with zero attached hydrogens (tertiary/aromatic N) is 2. The minimum Gasteiger partial charge on any atom is -0.383 e. The van der Waals surface area contributed by atoms with Gasteiger partial charge in [-0.1, -0.05) is 19.8 Å². The Hall–Kier alpha value is -0.640. The van der Waals surface area contributed by atoms with Crippen molar-refractivity contribution in [1.82, 2.24) is 9.97 Å². The van der Waals surface area contributed by atoms with Crippen molar-refractivity contribution in [3.63, 3.8) is 0 Å². The third kappa shape index (κ3) is 3.02. The number of hydrogen-bond acceptors (Lipinski definition) is 3. The number of nitrogens with two attached hydrogens (primary N) is 1. The molecule has 0 radical (unpaired) electrons. The molecule has 0 atom stereocenters. The van der Waals surface area contributed by atoms with Gasteiger partial charge in [-0.2, -0.15) is 0 Å². The van der Waals surface area contributed by atoms with Gasteiger partial charge < -0.3 is 5.73 Å². The summed E-state index contributed by atoms with van der Waals surface area (Å²) in [7, 11) is 0. The summed E-state index contributed by atoms with van der Waals surface area (Å²) in [6.07, 6.45) is 7.73. The maximum absolute atomic E-state index is 5.91. The minimum absolute atomic E-state index is 0.507. The van der Waals surface area contributed by atoms with Crippen LogP contribution in [0.15, 0.2) is 4.47 Å². The van der Waals surface area contributed by atoms with Crippen LogP contribution >= 0.6 is 15.9 Å². The van der Waals surface area contributed by atoms with Gasteiger partial charge in [-0.3, -0.25) is 0 Å². The molecule has 100 valence electrons. The van der Waals surface area contributed by atoms with Crippen LogP contribution in [0.5, 0.6) is 0 Å². The summed E-state index contributed by atoms with van der Waals surface area (Å²) in [6.45, 7) is 4.25. The fraction of sp³-hybridized carbons (Fsp3) is 0.714. The summed E-state index contributed by atoms with van der Waals surface area (Å²) in [5.74, 6) is 2.95. The second kappa shape index (κ2) is 6.00. The predicted octanol–water partition coefficient (Wildman–Crippen LogP) is 4.20. The fourth-order valence-corrected chi connectivity index (χ4v) is 3.08. The van der Waals surface area contributed by atoms with E-state index in [4.69, 9.17) is 5.73 Å². The summed E-state index contributed by atoms with van der Waals surface area (Å²) < 4.78 is 0.839. The molecule has 1 saturated carbocycles. The van der Waals surface area contributed by atoms with Crippen LogP contribution in [0.2, 0.25) is 0 Å². The maximum atomic E-state index is 5.91. The van der Waals surface area contributed by atoms with Crippen molar-refractivity contribution in [2.75, 3.05) is 5.73 Å². The third-order valence-corrected chi connectivity index (χ3v) is 4.95. The van der Waals surface area contributed by atoms with E-state index in [1.165, 1.54) is 38.5 Å². The lowest BCUT2D eigenvalue weighted by Crippen LogP contribution is -2.16. The van der Waals surface area contributed by atoms with Gasteiger partial charge in [-0.15, -0.1) is 0 Å². The second-order valence-corrected chi connectivity index (χ2v) is 6.17. The standard InChI is InChI=1S/C14H22BrN3/c1-3-4-10-5-7-11(8-6-10)14-17-9(2)12(15)13(16)18-14/h10-11H,3-8H2,1-2H3,(H2,16,17,18). The monoisotopic (exact) mass is 311 g/mol. The van der Waals surface area contributed by atoms with E-state index in [-0.39, 0.29) is 0 Å². The Labute approximate surface area is 118 Å². The van der Waals surface area contributed by atoms with E-state index in [1.54, 1.807) is 0 Å². The van der Waals surface area contributed by atoms with E-state index in [1.807, 2.05) is 6.92 Å². The number of halogens is 1. The molecule has 1 aliphatic carbocycles. The maximum Gasteiger partial charge on any atom is 0.141 e. The third-order valence-electron chi connectivity index (χ3n) is 3.97. The molecule has 0 aliphatic heterocycles. The highest BCUT2D eigenvalue weighted by Gasteiger charge is 2.24. The Morgan fingerprint density at radius 1 is 1.22 bits per heavy atom. The van der Waals surface area contributed by atoms with Gasteiger partial charge in [-0.25, -0.2) is 9.97 Å². The van der Waals surface area contributed by atoms with E-state index in [2.05, 4.69) is 32.8 Å². The molecule has 3 nitrogen and oxygen atoms in total. The molecule has 4 heteroatoms. The Kier molecular flexibility index (Phi) is 4.60. The van der Waals surface area contributed by atoms with Crippen LogP contribution in [0.4, 0.5) is 5.82 Å². The van der Waals surface area contributed by atoms with Crippen molar-refractivity contribution in [3.05, 3.63) is 16.0 Å². The van der Waals surface area contributed by atoms with Crippen LogP contribution in [0.1, 0.15) is 62.9 Å². The molecule has 18 heavy (non-hydrogen) atoms. The van der Waals surface area contributed by atoms with Crippen LogP contribution in [0.3, 0.4) is 0 Å². The van der Waals surface area contributed by atoms with Gasteiger partial charge in [0.2, 0.25) is 0 Å². The molecule has 0 bridgehead atoms. The highest BCUT2D eigenvalue weighted by molar-refractivity contribution is 9.10. The number of anilines is 1. The van der Waals surface area contributed by atoms with Gasteiger partial charge in [0.05, 0.1) is 10.2 Å². The molecule has 0 spiro atoms. The summed E-state index contributed by atoms with van der Waals surface area (Å²) in [6, 6.07) is 0. The van der Waals surface area contributed by atoms with Crippen molar-refractivity contribution in [2.24, 2.45) is 5.92 Å². The van der Waals surface area contributed by atoms with E-state index < -0.39 is 0 Å². The predicted molar refractivity (Wildman–Crippen MR) is 78.5 cm³/mol. The van der Waals surface area contributed by atoms with Crippen LogP contribution in [-0.4, -0.2) is 9.97 Å². The lowest BCUT2D eigenvalue weighted by molar-refractivity contribution is 0.302. The van der Waals surface area contributed by atoms with Crippen molar-refractivity contribution in [3.8, 4) is 0 Å². The van der Waals surface area contributed by atoms with Gasteiger partial charge >= 0.3 is 0 Å². The Morgan fingerprint density at radius 3 is 2.44 bits per heavy atom. The van der Waals surface area contributed by atoms with Crippen LogP contribution < -0.4 is 5.73 Å². The molecular weight excluding hydrogens is 290 g/mol. The number of aromatic nitrogens is 2. The molecular formula is C14H22BrN3. The number of aryl methyl sites for hydroxylation is 1. The Bertz CT molecular complexity index is 388. The van der Waals surface area contributed by atoms with E-state index in [0.29, 0.717) is 11.7 Å². The molecule has 0 saturated heterocycles. The van der Waals surface area contributed by atoms with E-state index in [9.17, 15) is 0 Å². The van der Waals surface area contributed by atoms with Gasteiger partial charge in [-0.05, 0) is 54.5 Å². The summed E-state index contributed by atoms with van der Waals surface area (Å²) in [4.78, 5) is 9.04. The molecule has 0 aromatic carbocycles. The summed E-state index contributed by atoms with van der Waals surface area (Å²) >= 11 is 3.42. The van der Waals surface area contributed by atoms with Gasteiger partial charge in [0.15, 0.2) is 0 Å². The number of rotatable bonds is 3. The largest absolute Gasteiger partial charge is 0.383 e. The fourth-order valence-electron chi connectivity index (χ4n) is 2.90. The van der Waals surface area contributed by atoms with Crippen LogP contribution in [-0.2, 0) is 0 Å². The normalized spacial score (nSPS) is 24.2. The van der Waals surface area contributed by atoms with Crippen molar-refractivity contribution in [2.45, 2.75) is 58.3 Å². The van der Waals surface area contributed by atoms with Crippen molar-refractivity contribution >= 4 is 21.7 Å². The molecule has 1 aromatic rings. The molecule has 1 heterocycles. The highest BCUT2D eigenvalue weighted by atomic mass is 79.9. The lowest BCUT2D eigenvalue weighted by Gasteiger charge is -2.27. The first-order valence-electron chi connectivity index (χ1n) is 6.91. The van der Waals surface area contributed by atoms with Crippen LogP contribution in [0, 0.1) is 12.8 Å². The molecule has 0 amide bonds. The highest BCUT2D eigenvalue weighted by Crippen LogP contribution is 2.37. The molecule has 2 N–H and O–H groups in total. The Morgan fingerprint density at radius 2 is 1.89 bits per heavy atom. The zero-order chi connectivity index (χ0) is 13.1. The zero-order valence-corrected chi connectivity index (χ0v) is 12.8. The lowest BCUT2D eigenvalue weighted by atomic mass is 9.80. The van der Waals surface area contributed by atoms with Crippen molar-refractivity contribution in [1.29, 1.82) is 0 Å². The minimum atomic E-state index is 0.507. The van der Waals surface area contributed by atoms with Gasteiger partial charge in [0.25, 0.3) is 0 Å². The average Bonchev–Trinajstić information content (AvgIpc) is 2.37. The van der Waals surface area contributed by atoms with E-state index in [0.717, 1.165) is 21.9 Å². The second-order valence-electron chi connectivity index (χ2n) is 5.37. The van der Waals surface area contributed by atoms with Crippen LogP contribution in [0.25, 0.3) is 0 Å².